The van der Waals surface area contributed by atoms with E-state index in [2.05, 4.69) is 10.6 Å². The van der Waals surface area contributed by atoms with Crippen molar-refractivity contribution in [2.24, 2.45) is 0 Å². The highest BCUT2D eigenvalue weighted by Crippen LogP contribution is 2.07. The normalized spacial score (nSPS) is 11.6. The van der Waals surface area contributed by atoms with Crippen molar-refractivity contribution in [3.05, 3.63) is 30.1 Å². The van der Waals surface area contributed by atoms with Gasteiger partial charge in [-0.1, -0.05) is 0 Å². The van der Waals surface area contributed by atoms with Gasteiger partial charge in [0, 0.05) is 19.2 Å². The molecule has 1 aromatic carbocycles. The summed E-state index contributed by atoms with van der Waals surface area (Å²) in [4.78, 5) is 21.6. The predicted octanol–water partition coefficient (Wildman–Crippen LogP) is 0.827. The molecule has 92 valence electrons. The number of benzene rings is 1. The number of nitrogens with one attached hydrogen (secondary N) is 2. The van der Waals surface area contributed by atoms with E-state index in [0.29, 0.717) is 5.69 Å². The molecule has 17 heavy (non-hydrogen) atoms. The van der Waals surface area contributed by atoms with E-state index in [1.165, 1.54) is 31.2 Å². The number of halogens is 1. The molecule has 6 heteroatoms. The van der Waals surface area contributed by atoms with Crippen molar-refractivity contribution in [3.8, 4) is 0 Å². The molecule has 0 radical (unpaired) electrons. The summed E-state index contributed by atoms with van der Waals surface area (Å²) < 4.78 is 12.6. The van der Waals surface area contributed by atoms with Crippen LogP contribution in [-0.4, -0.2) is 29.6 Å². The van der Waals surface area contributed by atoms with Crippen molar-refractivity contribution in [1.82, 2.24) is 5.32 Å². The summed E-state index contributed by atoms with van der Waals surface area (Å²) in [6.45, 7) is 1.27. The third kappa shape index (κ3) is 4.50. The first kappa shape index (κ1) is 13.0. The zero-order valence-electron chi connectivity index (χ0n) is 9.24. The highest BCUT2D eigenvalue weighted by Gasteiger charge is 2.17. The predicted molar refractivity (Wildman–Crippen MR) is 60.1 cm³/mol. The van der Waals surface area contributed by atoms with Crippen LogP contribution >= 0.6 is 0 Å². The zero-order chi connectivity index (χ0) is 12.8. The maximum Gasteiger partial charge on any atom is 0.328 e. The van der Waals surface area contributed by atoms with Crippen LogP contribution in [-0.2, 0) is 9.59 Å². The van der Waals surface area contributed by atoms with Crippen LogP contribution in [0.1, 0.15) is 6.92 Å². The average Bonchev–Trinajstić information content (AvgIpc) is 2.25. The second-order valence-corrected chi connectivity index (χ2v) is 3.48. The molecule has 3 N–H and O–H groups in total. The second-order valence-electron chi connectivity index (χ2n) is 3.48. The SMILES string of the molecule is CC(=O)NC(CNc1ccc(F)cc1)C(=O)O. The number of carbonyl (C=O) groups excluding carboxylic acids is 1. The lowest BCUT2D eigenvalue weighted by molar-refractivity contribution is -0.141. The maximum absolute atomic E-state index is 12.6. The maximum atomic E-state index is 12.6. The summed E-state index contributed by atoms with van der Waals surface area (Å²) in [6.07, 6.45) is 0. The van der Waals surface area contributed by atoms with E-state index in [4.69, 9.17) is 5.11 Å². The molecule has 0 aliphatic heterocycles. The molecule has 0 bridgehead atoms. The lowest BCUT2D eigenvalue weighted by atomic mass is 10.2. The van der Waals surface area contributed by atoms with Crippen LogP contribution in [0, 0.1) is 5.82 Å². The van der Waals surface area contributed by atoms with Crippen LogP contribution < -0.4 is 10.6 Å². The number of hydrogen-bond acceptors (Lipinski definition) is 3. The van der Waals surface area contributed by atoms with E-state index >= 15 is 0 Å². The van der Waals surface area contributed by atoms with E-state index in [1.54, 1.807) is 0 Å². The standard InChI is InChI=1S/C11H13FN2O3/c1-7(15)14-10(11(16)17)6-13-9-4-2-8(12)3-5-9/h2-5,10,13H,6H2,1H3,(H,14,15)(H,16,17). The Bertz CT molecular complexity index is 406. The van der Waals surface area contributed by atoms with Gasteiger partial charge in [-0.2, -0.15) is 0 Å². The molecule has 1 unspecified atom stereocenters. The van der Waals surface area contributed by atoms with Gasteiger partial charge in [0.15, 0.2) is 0 Å². The Labute approximate surface area is 97.6 Å². The number of rotatable bonds is 5. The molecule has 0 heterocycles. The van der Waals surface area contributed by atoms with Crippen molar-refractivity contribution < 1.29 is 19.1 Å². The molecule has 0 saturated carbocycles. The van der Waals surface area contributed by atoms with Crippen LogP contribution in [0.3, 0.4) is 0 Å². The van der Waals surface area contributed by atoms with Crippen molar-refractivity contribution in [2.45, 2.75) is 13.0 Å². The molecule has 5 nitrogen and oxygen atoms in total. The molecule has 1 aromatic rings. The van der Waals surface area contributed by atoms with Crippen LogP contribution in [0.2, 0.25) is 0 Å². The molecule has 0 fully saturated rings. The summed E-state index contributed by atoms with van der Waals surface area (Å²) in [5, 5.41) is 13.9. The number of carboxylic acid groups (broad SMARTS) is 1. The molecule has 0 aromatic heterocycles. The van der Waals surface area contributed by atoms with E-state index in [1.807, 2.05) is 0 Å². The van der Waals surface area contributed by atoms with Gasteiger partial charge in [-0.3, -0.25) is 4.79 Å². The van der Waals surface area contributed by atoms with E-state index in [9.17, 15) is 14.0 Å². The Balaban J connectivity index is 2.54. The highest BCUT2D eigenvalue weighted by molar-refractivity contribution is 5.82. The first-order valence-corrected chi connectivity index (χ1v) is 4.98. The number of anilines is 1. The Morgan fingerprint density at radius 3 is 2.41 bits per heavy atom. The smallest absolute Gasteiger partial charge is 0.328 e. The Kier molecular flexibility index (Phi) is 4.45. The minimum atomic E-state index is -1.13. The number of amides is 1. The monoisotopic (exact) mass is 240 g/mol. The highest BCUT2D eigenvalue weighted by atomic mass is 19.1. The van der Waals surface area contributed by atoms with Crippen molar-refractivity contribution in [2.75, 3.05) is 11.9 Å². The third-order valence-corrected chi connectivity index (χ3v) is 2.03. The number of hydrogen-bond donors (Lipinski definition) is 3. The molecule has 0 saturated heterocycles. The third-order valence-electron chi connectivity index (χ3n) is 2.03. The molecule has 1 amide bonds. The van der Waals surface area contributed by atoms with Crippen LogP contribution in [0.4, 0.5) is 10.1 Å². The first-order valence-electron chi connectivity index (χ1n) is 4.98. The van der Waals surface area contributed by atoms with Gasteiger partial charge in [-0.25, -0.2) is 9.18 Å². The lowest BCUT2D eigenvalue weighted by Crippen LogP contribution is -2.44. The first-order chi connectivity index (χ1) is 7.99. The van der Waals surface area contributed by atoms with Gasteiger partial charge >= 0.3 is 5.97 Å². The molecule has 1 rings (SSSR count). The molecule has 1 atom stereocenters. The number of aliphatic carboxylic acids is 1. The number of carboxylic acids is 1. The topological polar surface area (TPSA) is 78.4 Å². The van der Waals surface area contributed by atoms with Gasteiger partial charge in [-0.05, 0) is 24.3 Å². The van der Waals surface area contributed by atoms with Gasteiger partial charge < -0.3 is 15.7 Å². The Morgan fingerprint density at radius 1 is 1.35 bits per heavy atom. The van der Waals surface area contributed by atoms with Gasteiger partial charge in [0.05, 0.1) is 0 Å². The minimum absolute atomic E-state index is 0.0283. The lowest BCUT2D eigenvalue weighted by Gasteiger charge is -2.14. The van der Waals surface area contributed by atoms with Crippen molar-refractivity contribution in [3.63, 3.8) is 0 Å². The summed E-state index contributed by atoms with van der Waals surface area (Å²) >= 11 is 0. The zero-order valence-corrected chi connectivity index (χ0v) is 9.24. The average molecular weight is 240 g/mol. The second kappa shape index (κ2) is 5.83. The quantitative estimate of drug-likeness (QED) is 0.712. The van der Waals surface area contributed by atoms with Crippen LogP contribution in [0.15, 0.2) is 24.3 Å². The van der Waals surface area contributed by atoms with Crippen molar-refractivity contribution in [1.29, 1.82) is 0 Å². The Hall–Kier alpha value is -2.11. The molecule has 0 spiro atoms. The fourth-order valence-electron chi connectivity index (χ4n) is 1.23. The summed E-state index contributed by atoms with van der Waals surface area (Å²) in [5.74, 6) is -1.92. The largest absolute Gasteiger partial charge is 0.480 e. The van der Waals surface area contributed by atoms with Gasteiger partial charge in [0.1, 0.15) is 11.9 Å². The molecular formula is C11H13FN2O3. The van der Waals surface area contributed by atoms with Gasteiger partial charge in [0.25, 0.3) is 0 Å². The fraction of sp³-hybridized carbons (Fsp3) is 0.273. The van der Waals surface area contributed by atoms with E-state index in [0.717, 1.165) is 0 Å². The summed E-state index contributed by atoms with van der Waals surface area (Å²) in [5.41, 5.74) is 0.586. The number of carbonyl (C=O) groups is 2. The molecular weight excluding hydrogens is 227 g/mol. The molecule has 0 aliphatic carbocycles. The Morgan fingerprint density at radius 2 is 1.94 bits per heavy atom. The van der Waals surface area contributed by atoms with E-state index in [-0.39, 0.29) is 12.4 Å². The molecule has 0 aliphatic rings. The fourth-order valence-corrected chi connectivity index (χ4v) is 1.23. The minimum Gasteiger partial charge on any atom is -0.480 e. The van der Waals surface area contributed by atoms with Crippen LogP contribution in [0.25, 0.3) is 0 Å². The van der Waals surface area contributed by atoms with Gasteiger partial charge in [-0.15, -0.1) is 0 Å². The van der Waals surface area contributed by atoms with Crippen LogP contribution in [0.5, 0.6) is 0 Å². The van der Waals surface area contributed by atoms with Gasteiger partial charge in [0.2, 0.25) is 5.91 Å². The van der Waals surface area contributed by atoms with E-state index < -0.39 is 17.9 Å². The summed E-state index contributed by atoms with van der Waals surface area (Å²) in [6, 6.07) is 4.48. The van der Waals surface area contributed by atoms with Crippen molar-refractivity contribution >= 4 is 17.6 Å². The summed E-state index contributed by atoms with van der Waals surface area (Å²) in [7, 11) is 0.